The van der Waals surface area contributed by atoms with Crippen molar-refractivity contribution in [1.82, 2.24) is 0 Å². The molecule has 0 aliphatic carbocycles. The third kappa shape index (κ3) is 2.94. The Kier molecular flexibility index (Phi) is 3.66. The molecule has 4 heteroatoms. The second kappa shape index (κ2) is 4.88. The molecule has 0 saturated carbocycles. The van der Waals surface area contributed by atoms with Crippen molar-refractivity contribution in [1.29, 1.82) is 0 Å². The van der Waals surface area contributed by atoms with E-state index in [0.29, 0.717) is 6.42 Å². The highest BCUT2D eigenvalue weighted by atomic mass is 79.9. The molecule has 1 heterocycles. The van der Waals surface area contributed by atoms with Gasteiger partial charge < -0.3 is 5.73 Å². The maximum absolute atomic E-state index is 13.2. The fraction of sp³-hybridized carbons (Fsp3) is 0.231. The summed E-state index contributed by atoms with van der Waals surface area (Å²) in [6, 6.07) is 8.49. The number of rotatable bonds is 3. The number of benzene rings is 1. The normalized spacial score (nSPS) is 14.6. The van der Waals surface area contributed by atoms with E-state index in [-0.39, 0.29) is 5.82 Å². The maximum Gasteiger partial charge on any atom is 0.123 e. The lowest BCUT2D eigenvalue weighted by molar-refractivity contribution is 0.489. The third-order valence-corrected chi connectivity index (χ3v) is 4.63. The van der Waals surface area contributed by atoms with E-state index >= 15 is 0 Å². The van der Waals surface area contributed by atoms with Gasteiger partial charge in [-0.1, -0.05) is 12.1 Å². The molecule has 0 aliphatic heterocycles. The molecule has 17 heavy (non-hydrogen) atoms. The van der Waals surface area contributed by atoms with E-state index in [1.165, 1.54) is 17.0 Å². The van der Waals surface area contributed by atoms with Crippen LogP contribution in [0.25, 0.3) is 0 Å². The van der Waals surface area contributed by atoms with Gasteiger partial charge in [0, 0.05) is 21.3 Å². The molecule has 1 aromatic carbocycles. The van der Waals surface area contributed by atoms with Gasteiger partial charge in [-0.05, 0) is 52.0 Å². The smallest absolute Gasteiger partial charge is 0.123 e. The highest BCUT2D eigenvalue weighted by molar-refractivity contribution is 9.10. The Labute approximate surface area is 113 Å². The van der Waals surface area contributed by atoms with Crippen LogP contribution in [0, 0.1) is 5.82 Å². The van der Waals surface area contributed by atoms with Crippen LogP contribution in [0.1, 0.15) is 17.4 Å². The molecule has 1 aromatic heterocycles. The van der Waals surface area contributed by atoms with Gasteiger partial charge in [-0.15, -0.1) is 11.3 Å². The zero-order chi connectivity index (χ0) is 12.5. The van der Waals surface area contributed by atoms with Gasteiger partial charge in [0.15, 0.2) is 0 Å². The largest absolute Gasteiger partial charge is 0.321 e. The van der Waals surface area contributed by atoms with Crippen molar-refractivity contribution in [3.05, 3.63) is 56.4 Å². The van der Waals surface area contributed by atoms with Gasteiger partial charge in [-0.25, -0.2) is 4.39 Å². The first-order valence-electron chi connectivity index (χ1n) is 5.26. The fourth-order valence-electron chi connectivity index (χ4n) is 1.73. The summed E-state index contributed by atoms with van der Waals surface area (Å²) in [6.07, 6.45) is 0.689. The number of hydrogen-bond donors (Lipinski definition) is 1. The number of thiophene rings is 1. The highest BCUT2D eigenvalue weighted by Crippen LogP contribution is 2.30. The highest BCUT2D eigenvalue weighted by Gasteiger charge is 2.23. The molecule has 1 unspecified atom stereocenters. The van der Waals surface area contributed by atoms with Gasteiger partial charge >= 0.3 is 0 Å². The minimum atomic E-state index is -0.560. The van der Waals surface area contributed by atoms with Crippen LogP contribution in [0.5, 0.6) is 0 Å². The van der Waals surface area contributed by atoms with Gasteiger partial charge in [-0.3, -0.25) is 0 Å². The Bertz CT molecular complexity index is 522. The monoisotopic (exact) mass is 313 g/mol. The Morgan fingerprint density at radius 2 is 2.18 bits per heavy atom. The van der Waals surface area contributed by atoms with Crippen LogP contribution >= 0.6 is 27.3 Å². The van der Waals surface area contributed by atoms with Gasteiger partial charge in [-0.2, -0.15) is 0 Å². The van der Waals surface area contributed by atoms with Crippen molar-refractivity contribution in [2.75, 3.05) is 0 Å². The summed E-state index contributed by atoms with van der Waals surface area (Å²) in [4.78, 5) is 1.18. The topological polar surface area (TPSA) is 26.0 Å². The first kappa shape index (κ1) is 12.7. The third-order valence-electron chi connectivity index (χ3n) is 2.70. The van der Waals surface area contributed by atoms with Crippen molar-refractivity contribution in [3.8, 4) is 0 Å². The molecule has 1 nitrogen and oxygen atoms in total. The molecule has 90 valence electrons. The number of hydrogen-bond acceptors (Lipinski definition) is 2. The Hall–Kier alpha value is -0.710. The first-order chi connectivity index (χ1) is 7.99. The van der Waals surface area contributed by atoms with E-state index in [1.54, 1.807) is 17.4 Å². The Balaban J connectivity index is 2.27. The average Bonchev–Trinajstić information content (AvgIpc) is 2.64. The number of halogens is 2. The van der Waals surface area contributed by atoms with Crippen molar-refractivity contribution in [2.24, 2.45) is 5.73 Å². The average molecular weight is 314 g/mol. The maximum atomic E-state index is 13.2. The molecule has 2 rings (SSSR count). The molecule has 0 spiro atoms. The molecule has 0 saturated heterocycles. The molecule has 2 aromatic rings. The molecular weight excluding hydrogens is 301 g/mol. The first-order valence-corrected chi connectivity index (χ1v) is 6.93. The second-order valence-electron chi connectivity index (χ2n) is 4.30. The summed E-state index contributed by atoms with van der Waals surface area (Å²) in [5.74, 6) is -0.246. The van der Waals surface area contributed by atoms with Crippen LogP contribution in [0.3, 0.4) is 0 Å². The summed E-state index contributed by atoms with van der Waals surface area (Å²) >= 11 is 5.14. The minimum absolute atomic E-state index is 0.246. The van der Waals surface area contributed by atoms with Crippen LogP contribution in [0.4, 0.5) is 4.39 Å². The zero-order valence-corrected chi connectivity index (χ0v) is 11.8. The van der Waals surface area contributed by atoms with Gasteiger partial charge in [0.1, 0.15) is 5.82 Å². The van der Waals surface area contributed by atoms with E-state index in [1.807, 2.05) is 24.4 Å². The van der Waals surface area contributed by atoms with Crippen LogP contribution in [0.2, 0.25) is 0 Å². The zero-order valence-electron chi connectivity index (χ0n) is 9.41. The molecule has 0 amide bonds. The molecule has 0 radical (unpaired) electrons. The Morgan fingerprint density at radius 1 is 1.41 bits per heavy atom. The van der Waals surface area contributed by atoms with E-state index in [9.17, 15) is 4.39 Å². The summed E-state index contributed by atoms with van der Waals surface area (Å²) < 4.78 is 14.3. The summed E-state index contributed by atoms with van der Waals surface area (Å²) in [5, 5.41) is 2.01. The minimum Gasteiger partial charge on any atom is -0.321 e. The summed E-state index contributed by atoms with van der Waals surface area (Å²) in [7, 11) is 0. The Morgan fingerprint density at radius 3 is 2.76 bits per heavy atom. The molecule has 1 atom stereocenters. The van der Waals surface area contributed by atoms with Crippen molar-refractivity contribution in [3.63, 3.8) is 0 Å². The predicted octanol–water partition coefficient (Wildman–Crippen LogP) is 4.07. The van der Waals surface area contributed by atoms with Crippen LogP contribution in [-0.2, 0) is 12.0 Å². The summed E-state index contributed by atoms with van der Waals surface area (Å²) in [6.45, 7) is 1.92. The molecule has 0 bridgehead atoms. The van der Waals surface area contributed by atoms with Gasteiger partial charge in [0.2, 0.25) is 0 Å². The predicted molar refractivity (Wildman–Crippen MR) is 73.7 cm³/mol. The molecule has 2 N–H and O–H groups in total. The van der Waals surface area contributed by atoms with E-state index in [0.717, 1.165) is 10.0 Å². The van der Waals surface area contributed by atoms with E-state index in [4.69, 9.17) is 5.73 Å². The van der Waals surface area contributed by atoms with E-state index in [2.05, 4.69) is 15.9 Å². The standard InChI is InChI=1S/C13H13BrFNS/c1-13(16,8-12-11(14)5-6-17-12)9-3-2-4-10(15)7-9/h2-7H,8,16H2,1H3. The van der Waals surface area contributed by atoms with E-state index < -0.39 is 5.54 Å². The van der Waals surface area contributed by atoms with Crippen LogP contribution in [-0.4, -0.2) is 0 Å². The lowest BCUT2D eigenvalue weighted by atomic mass is 9.89. The van der Waals surface area contributed by atoms with Gasteiger partial charge in [0.05, 0.1) is 0 Å². The van der Waals surface area contributed by atoms with Crippen LogP contribution in [0.15, 0.2) is 40.2 Å². The number of nitrogens with two attached hydrogens (primary N) is 1. The summed E-state index contributed by atoms with van der Waals surface area (Å²) in [5.41, 5.74) is 6.54. The van der Waals surface area contributed by atoms with Crippen molar-refractivity contribution < 1.29 is 4.39 Å². The molecular formula is C13H13BrFNS. The fourth-order valence-corrected chi connectivity index (χ4v) is 3.39. The lowest BCUT2D eigenvalue weighted by Crippen LogP contribution is -2.35. The quantitative estimate of drug-likeness (QED) is 0.908. The SMILES string of the molecule is CC(N)(Cc1sccc1Br)c1cccc(F)c1. The molecule has 0 fully saturated rings. The van der Waals surface area contributed by atoms with Crippen molar-refractivity contribution >= 4 is 27.3 Å². The van der Waals surface area contributed by atoms with Crippen LogP contribution < -0.4 is 5.73 Å². The van der Waals surface area contributed by atoms with Crippen molar-refractivity contribution in [2.45, 2.75) is 18.9 Å². The second-order valence-corrected chi connectivity index (χ2v) is 6.15. The molecule has 0 aliphatic rings. The van der Waals surface area contributed by atoms with Gasteiger partial charge in [0.25, 0.3) is 0 Å². The lowest BCUT2D eigenvalue weighted by Gasteiger charge is -2.25.